The van der Waals surface area contributed by atoms with Crippen LogP contribution in [0.4, 0.5) is 22.7 Å². The van der Waals surface area contributed by atoms with Crippen molar-refractivity contribution in [2.45, 2.75) is 23.4 Å². The lowest BCUT2D eigenvalue weighted by Crippen LogP contribution is -2.27. The van der Waals surface area contributed by atoms with Crippen molar-refractivity contribution in [3.8, 4) is 11.4 Å². The van der Waals surface area contributed by atoms with E-state index >= 15 is 0 Å². The van der Waals surface area contributed by atoms with E-state index in [2.05, 4.69) is 15.2 Å². The van der Waals surface area contributed by atoms with Crippen LogP contribution in [0, 0.1) is 37.3 Å². The second kappa shape index (κ2) is 8.98. The van der Waals surface area contributed by atoms with Gasteiger partial charge in [0.15, 0.2) is 16.8 Å². The van der Waals surface area contributed by atoms with Crippen LogP contribution < -0.4 is 5.01 Å². The minimum atomic E-state index is -0.726. The predicted octanol–water partition coefficient (Wildman–Crippen LogP) is 4.88. The molecule has 0 saturated heterocycles. The van der Waals surface area contributed by atoms with Crippen molar-refractivity contribution in [1.82, 2.24) is 14.8 Å². The maximum Gasteiger partial charge on any atom is 0.301 e. The molecule has 2 aliphatic rings. The van der Waals surface area contributed by atoms with Crippen molar-refractivity contribution in [2.75, 3.05) is 5.01 Å². The van der Waals surface area contributed by atoms with Gasteiger partial charge < -0.3 is 0 Å². The molecule has 0 spiro atoms. The van der Waals surface area contributed by atoms with Gasteiger partial charge in [0.1, 0.15) is 10.9 Å². The van der Waals surface area contributed by atoms with Crippen LogP contribution in [0.3, 0.4) is 0 Å². The zero-order chi connectivity index (χ0) is 27.4. The Kier molecular flexibility index (Phi) is 5.57. The SMILES string of the molecule is Cc1ccc(-c2nc3n(n2)C2=NN(c4ccc([N+](=O)[O-])cc4[N+](=O)[O-])[C@@H](c4cccc([N+](=O)[O-])c4)[C@@H]2S3)cc1. The van der Waals surface area contributed by atoms with Gasteiger partial charge in [-0.1, -0.05) is 53.7 Å². The second-order valence-electron chi connectivity index (χ2n) is 8.82. The minimum Gasteiger partial charge on any atom is -0.258 e. The molecule has 0 N–H and O–H groups in total. The molecule has 0 bridgehead atoms. The van der Waals surface area contributed by atoms with Gasteiger partial charge in [0.05, 0.1) is 26.9 Å². The lowest BCUT2D eigenvalue weighted by atomic mass is 10.0. The number of non-ortho nitro benzene ring substituents is 2. The summed E-state index contributed by atoms with van der Waals surface area (Å²) in [7, 11) is 0. The van der Waals surface area contributed by atoms with Crippen LogP contribution in [0.25, 0.3) is 11.4 Å². The Morgan fingerprint density at radius 3 is 2.28 bits per heavy atom. The topological polar surface area (TPSA) is 176 Å². The first-order valence-corrected chi connectivity index (χ1v) is 12.4. The van der Waals surface area contributed by atoms with Gasteiger partial charge in [0.2, 0.25) is 0 Å². The van der Waals surface area contributed by atoms with Gasteiger partial charge in [-0.3, -0.25) is 30.3 Å². The third kappa shape index (κ3) is 4.04. The molecule has 2 aliphatic heterocycles. The van der Waals surface area contributed by atoms with E-state index in [0.717, 1.165) is 23.3 Å². The molecule has 0 saturated carbocycles. The molecular weight excluding hydrogens is 528 g/mol. The van der Waals surface area contributed by atoms with Crippen LogP contribution in [0.1, 0.15) is 17.2 Å². The standard InChI is InChI=1S/C24H16N8O6S/c1-13-5-7-14(8-6-13)22-25-24-29(26-22)23-21(39-24)20(15-3-2-4-16(11-15)30(33)34)28(27-23)18-10-9-17(31(35)36)12-19(18)32(37)38/h2-12,20-21H,1H3/t20-,21-/m0/s1. The molecule has 6 rings (SSSR count). The van der Waals surface area contributed by atoms with Crippen molar-refractivity contribution in [3.63, 3.8) is 0 Å². The van der Waals surface area contributed by atoms with E-state index in [4.69, 9.17) is 0 Å². The first-order valence-electron chi connectivity index (χ1n) is 11.5. The number of nitro benzene ring substituents is 3. The van der Waals surface area contributed by atoms with Crippen molar-refractivity contribution in [1.29, 1.82) is 0 Å². The van der Waals surface area contributed by atoms with Gasteiger partial charge in [-0.2, -0.15) is 9.78 Å². The predicted molar refractivity (Wildman–Crippen MR) is 141 cm³/mol. The summed E-state index contributed by atoms with van der Waals surface area (Å²) in [4.78, 5) is 37.4. The number of anilines is 1. The number of hydrogen-bond donors (Lipinski definition) is 0. The number of nitro groups is 3. The van der Waals surface area contributed by atoms with Crippen LogP contribution in [-0.2, 0) is 0 Å². The van der Waals surface area contributed by atoms with Gasteiger partial charge in [-0.15, -0.1) is 5.10 Å². The summed E-state index contributed by atoms with van der Waals surface area (Å²) in [5.74, 6) is 0.912. The highest BCUT2D eigenvalue weighted by atomic mass is 32.2. The van der Waals surface area contributed by atoms with E-state index in [1.807, 2.05) is 31.2 Å². The van der Waals surface area contributed by atoms with Crippen LogP contribution in [0.2, 0.25) is 0 Å². The number of aromatic nitrogens is 3. The van der Waals surface area contributed by atoms with Crippen LogP contribution in [0.5, 0.6) is 0 Å². The Balaban J connectivity index is 1.49. The fourth-order valence-electron chi connectivity index (χ4n) is 4.55. The van der Waals surface area contributed by atoms with Crippen LogP contribution in [0.15, 0.2) is 77.0 Å². The first kappa shape index (κ1) is 24.2. The molecule has 0 radical (unpaired) electrons. The molecule has 14 nitrogen and oxygen atoms in total. The third-order valence-electron chi connectivity index (χ3n) is 6.39. The smallest absolute Gasteiger partial charge is 0.258 e. The monoisotopic (exact) mass is 544 g/mol. The molecule has 3 heterocycles. The number of nitrogens with zero attached hydrogens (tertiary/aromatic N) is 8. The second-order valence-corrected chi connectivity index (χ2v) is 9.93. The molecule has 0 amide bonds. The fraction of sp³-hybridized carbons (Fsp3) is 0.125. The largest absolute Gasteiger partial charge is 0.301 e. The molecule has 0 aliphatic carbocycles. The lowest BCUT2D eigenvalue weighted by Gasteiger charge is -2.26. The molecule has 3 aromatic carbocycles. The summed E-state index contributed by atoms with van der Waals surface area (Å²) in [6, 6.07) is 16.2. The normalized spacial score (nSPS) is 17.5. The molecular formula is C24H16N8O6S. The molecule has 15 heteroatoms. The Morgan fingerprint density at radius 2 is 1.59 bits per heavy atom. The summed E-state index contributed by atoms with van der Waals surface area (Å²) in [5.41, 5.74) is 1.26. The number of benzene rings is 3. The first-order chi connectivity index (χ1) is 18.7. The Labute approximate surface area is 223 Å². The fourth-order valence-corrected chi connectivity index (χ4v) is 5.80. The molecule has 39 heavy (non-hydrogen) atoms. The summed E-state index contributed by atoms with van der Waals surface area (Å²) < 4.78 is 1.56. The summed E-state index contributed by atoms with van der Waals surface area (Å²) in [5, 5.41) is 45.5. The number of thioether (sulfide) groups is 1. The van der Waals surface area contributed by atoms with Crippen molar-refractivity contribution < 1.29 is 14.8 Å². The van der Waals surface area contributed by atoms with Crippen LogP contribution >= 0.6 is 11.8 Å². The van der Waals surface area contributed by atoms with Crippen LogP contribution in [-0.4, -0.2) is 40.6 Å². The molecule has 0 unspecified atom stereocenters. The van der Waals surface area contributed by atoms with Gasteiger partial charge in [-0.25, -0.2) is 9.99 Å². The quantitative estimate of drug-likeness (QED) is 0.240. The van der Waals surface area contributed by atoms with Gasteiger partial charge >= 0.3 is 5.69 Å². The Hall–Kier alpha value is -5.18. The summed E-state index contributed by atoms with van der Waals surface area (Å²) in [6.45, 7) is 1.97. The average molecular weight is 545 g/mol. The summed E-state index contributed by atoms with van der Waals surface area (Å²) >= 11 is 1.33. The Bertz CT molecular complexity index is 1720. The van der Waals surface area contributed by atoms with Gasteiger partial charge in [0.25, 0.3) is 11.4 Å². The zero-order valence-electron chi connectivity index (χ0n) is 19.9. The molecule has 1 aromatic heterocycles. The summed E-state index contributed by atoms with van der Waals surface area (Å²) in [6.07, 6.45) is 0. The van der Waals surface area contributed by atoms with Gasteiger partial charge in [-0.05, 0) is 18.6 Å². The number of rotatable bonds is 6. The third-order valence-corrected chi connectivity index (χ3v) is 7.59. The number of hydrogen-bond acceptors (Lipinski definition) is 11. The highest BCUT2D eigenvalue weighted by molar-refractivity contribution is 8.01. The Morgan fingerprint density at radius 1 is 0.872 bits per heavy atom. The average Bonchev–Trinajstić information content (AvgIpc) is 3.58. The van der Waals surface area contributed by atoms with E-state index in [1.54, 1.807) is 10.7 Å². The highest BCUT2D eigenvalue weighted by Crippen LogP contribution is 2.49. The van der Waals surface area contributed by atoms with Crippen molar-refractivity contribution in [2.24, 2.45) is 5.10 Å². The van der Waals surface area contributed by atoms with Gasteiger partial charge in [0, 0.05) is 23.8 Å². The maximum atomic E-state index is 12.0. The number of fused-ring (bicyclic) bond motifs is 3. The number of aryl methyl sites for hydroxylation is 1. The molecule has 2 atom stereocenters. The van der Waals surface area contributed by atoms with Crippen molar-refractivity contribution in [3.05, 3.63) is 108 Å². The minimum absolute atomic E-state index is 0.00466. The maximum absolute atomic E-state index is 12.0. The van der Waals surface area contributed by atoms with E-state index < -0.39 is 37.4 Å². The van der Waals surface area contributed by atoms with E-state index in [9.17, 15) is 30.3 Å². The zero-order valence-corrected chi connectivity index (χ0v) is 20.8. The van der Waals surface area contributed by atoms with E-state index in [-0.39, 0.29) is 11.4 Å². The lowest BCUT2D eigenvalue weighted by molar-refractivity contribution is -0.393. The molecule has 0 fully saturated rings. The van der Waals surface area contributed by atoms with E-state index in [0.29, 0.717) is 22.4 Å². The molecule has 194 valence electrons. The highest BCUT2D eigenvalue weighted by Gasteiger charge is 2.48. The number of hydrazone groups is 1. The molecule has 4 aromatic rings. The van der Waals surface area contributed by atoms with Crippen molar-refractivity contribution >= 4 is 40.3 Å². The van der Waals surface area contributed by atoms with E-state index in [1.165, 1.54) is 41.0 Å².